The predicted octanol–water partition coefficient (Wildman–Crippen LogP) is 3.68. The smallest absolute Gasteiger partial charge is 0.329 e. The van der Waals surface area contributed by atoms with Crippen LogP contribution in [0, 0.1) is 0 Å². The Morgan fingerprint density at radius 1 is 1.32 bits per heavy atom. The molecule has 1 amide bonds. The van der Waals surface area contributed by atoms with E-state index in [1.54, 1.807) is 18.3 Å². The van der Waals surface area contributed by atoms with Crippen LogP contribution in [0.2, 0.25) is 5.02 Å². The average Bonchev–Trinajstić information content (AvgIpc) is 3.71. The molecule has 220 valence electrons. The number of likely N-dealkylation sites (tertiary alicyclic amines) is 1. The highest BCUT2D eigenvalue weighted by molar-refractivity contribution is 7.81. The summed E-state index contributed by atoms with van der Waals surface area (Å²) < 4.78 is 31.5. The van der Waals surface area contributed by atoms with Crippen LogP contribution in [-0.2, 0) is 32.0 Å². The maximum absolute atomic E-state index is 13.8. The van der Waals surface area contributed by atoms with Crippen molar-refractivity contribution >= 4 is 72.8 Å². The van der Waals surface area contributed by atoms with Gasteiger partial charge in [0.15, 0.2) is 5.13 Å². The summed E-state index contributed by atoms with van der Waals surface area (Å²) in [5.41, 5.74) is 6.64. The number of thiazole rings is 1. The van der Waals surface area contributed by atoms with Gasteiger partial charge in [-0.3, -0.25) is 13.3 Å². The second-order valence-corrected chi connectivity index (χ2v) is 12.4. The molecule has 2 aliphatic rings. The van der Waals surface area contributed by atoms with Gasteiger partial charge >= 0.3 is 5.97 Å². The number of nitrogen functional groups attached to an aromatic ring is 1. The van der Waals surface area contributed by atoms with Crippen LogP contribution in [0.5, 0.6) is 0 Å². The topological polar surface area (TPSA) is 145 Å². The number of nitrogens with zero attached hydrogens (tertiary/aromatic N) is 5. The molecule has 2 aromatic heterocycles. The molecule has 0 aliphatic carbocycles. The minimum absolute atomic E-state index is 0.0978. The van der Waals surface area contributed by atoms with E-state index in [9.17, 15) is 18.4 Å². The van der Waals surface area contributed by atoms with Gasteiger partial charge in [0.25, 0.3) is 0 Å². The summed E-state index contributed by atoms with van der Waals surface area (Å²) in [6.07, 6.45) is 7.05. The number of carbonyl (C=O) groups excluding carboxylic acids is 2. The molecule has 2 N–H and O–H groups in total. The Kier molecular flexibility index (Phi) is 9.27. The first-order valence-electron chi connectivity index (χ1n) is 13.7. The molecule has 5 rings (SSSR count). The van der Waals surface area contributed by atoms with E-state index in [0.717, 1.165) is 47.2 Å². The normalized spacial score (nSPS) is 18.7. The molecule has 4 heterocycles. The Labute approximate surface area is 250 Å². The van der Waals surface area contributed by atoms with Gasteiger partial charge in [-0.25, -0.2) is 14.8 Å². The van der Waals surface area contributed by atoms with Crippen molar-refractivity contribution in [1.29, 1.82) is 0 Å². The largest absolute Gasteiger partial charge is 0.755 e. The van der Waals surface area contributed by atoms with E-state index in [1.807, 2.05) is 13.0 Å². The molecule has 3 atom stereocenters. The minimum Gasteiger partial charge on any atom is -0.755 e. The lowest BCUT2D eigenvalue weighted by Gasteiger charge is -2.31. The van der Waals surface area contributed by atoms with Crippen LogP contribution in [0.4, 0.5) is 16.0 Å². The van der Waals surface area contributed by atoms with Crippen molar-refractivity contribution in [2.75, 3.05) is 41.2 Å². The second-order valence-electron chi connectivity index (χ2n) is 10.2. The van der Waals surface area contributed by atoms with Crippen molar-refractivity contribution in [1.82, 2.24) is 14.9 Å². The average molecular weight is 620 g/mol. The molecule has 0 saturated carbocycles. The maximum atomic E-state index is 13.8. The number of hydrogen-bond acceptors (Lipinski definition) is 10. The number of fused-ring (bicyclic) bond motifs is 1. The number of ether oxygens (including phenoxy) is 1. The van der Waals surface area contributed by atoms with Crippen LogP contribution in [0.3, 0.4) is 0 Å². The van der Waals surface area contributed by atoms with Gasteiger partial charge in [-0.05, 0) is 54.8 Å². The molecule has 0 spiro atoms. The van der Waals surface area contributed by atoms with Gasteiger partial charge in [0.2, 0.25) is 5.91 Å². The van der Waals surface area contributed by atoms with Crippen LogP contribution in [-0.4, -0.2) is 73.8 Å². The SMILES string of the molecule is CCCCOC(=O)[C@@H](Cc1cc2ccnc(N)c2cc1Cl)N1CC[C@H](N(c2cnc(N3CCCC3)s2)S(=O)[O-])C1=O. The summed E-state index contributed by atoms with van der Waals surface area (Å²) in [7, 11) is 0. The fourth-order valence-corrected chi connectivity index (χ4v) is 7.38. The van der Waals surface area contributed by atoms with E-state index < -0.39 is 35.2 Å². The lowest BCUT2D eigenvalue weighted by Crippen LogP contribution is -2.49. The highest BCUT2D eigenvalue weighted by atomic mass is 35.5. The Hall–Kier alpha value is -3.00. The van der Waals surface area contributed by atoms with Crippen molar-refractivity contribution in [2.45, 2.75) is 57.5 Å². The number of amides is 1. The molecule has 11 nitrogen and oxygen atoms in total. The third kappa shape index (κ3) is 6.27. The molecule has 0 radical (unpaired) electrons. The third-order valence-corrected chi connectivity index (χ3v) is 9.79. The zero-order chi connectivity index (χ0) is 29.1. The highest BCUT2D eigenvalue weighted by Gasteiger charge is 2.43. The number of pyridine rings is 1. The van der Waals surface area contributed by atoms with Gasteiger partial charge in [0, 0.05) is 53.9 Å². The molecule has 2 saturated heterocycles. The summed E-state index contributed by atoms with van der Waals surface area (Å²) in [6.45, 7) is 4.13. The number of anilines is 3. The molecule has 2 aliphatic heterocycles. The number of esters is 1. The molecule has 14 heteroatoms. The number of hydrogen-bond donors (Lipinski definition) is 1. The van der Waals surface area contributed by atoms with E-state index in [1.165, 1.54) is 22.4 Å². The Balaban J connectivity index is 1.42. The number of rotatable bonds is 11. The lowest BCUT2D eigenvalue weighted by atomic mass is 10.0. The summed E-state index contributed by atoms with van der Waals surface area (Å²) in [4.78, 5) is 39.2. The van der Waals surface area contributed by atoms with E-state index in [4.69, 9.17) is 22.1 Å². The summed E-state index contributed by atoms with van der Waals surface area (Å²) in [5, 5.41) is 2.97. The predicted molar refractivity (Wildman–Crippen MR) is 160 cm³/mol. The second kappa shape index (κ2) is 12.9. The van der Waals surface area contributed by atoms with Gasteiger partial charge in [-0.15, -0.1) is 0 Å². The van der Waals surface area contributed by atoms with Crippen molar-refractivity contribution < 1.29 is 23.1 Å². The summed E-state index contributed by atoms with van der Waals surface area (Å²) in [6, 6.07) is 3.35. The Morgan fingerprint density at radius 2 is 2.10 bits per heavy atom. The van der Waals surface area contributed by atoms with Gasteiger partial charge in [-0.2, -0.15) is 0 Å². The number of halogens is 1. The molecule has 1 unspecified atom stereocenters. The van der Waals surface area contributed by atoms with Crippen molar-refractivity contribution in [3.63, 3.8) is 0 Å². The molecule has 41 heavy (non-hydrogen) atoms. The molecule has 2 fully saturated rings. The van der Waals surface area contributed by atoms with Gasteiger partial charge in [0.1, 0.15) is 22.9 Å². The zero-order valence-electron chi connectivity index (χ0n) is 22.7. The minimum atomic E-state index is -2.72. The van der Waals surface area contributed by atoms with Gasteiger partial charge in [0.05, 0.1) is 12.8 Å². The quantitative estimate of drug-likeness (QED) is 0.193. The summed E-state index contributed by atoms with van der Waals surface area (Å²) >= 11 is 5.13. The Bertz CT molecular complexity index is 1450. The maximum Gasteiger partial charge on any atom is 0.329 e. The van der Waals surface area contributed by atoms with E-state index in [0.29, 0.717) is 33.2 Å². The first-order chi connectivity index (χ1) is 19.8. The molecule has 3 aromatic rings. The number of carbonyl (C=O) groups is 2. The standard InChI is InChI=1S/C27H33ClN6O5S2/c1-2-3-12-39-26(36)22(14-18-13-17-6-8-30-24(29)19(17)15-20(18)28)33-11-7-21(25(33)35)34(41(37)38)23-16-31-27(40-23)32-9-4-5-10-32/h6,8,13,15-16,21-22H,2-5,7,9-12,14H2,1H3,(H2,29,30)(H,37,38)/p-1/t21-,22+/m0/s1. The van der Waals surface area contributed by atoms with Gasteiger partial charge in [-0.1, -0.05) is 36.3 Å². The Morgan fingerprint density at radius 3 is 2.83 bits per heavy atom. The highest BCUT2D eigenvalue weighted by Crippen LogP contribution is 2.36. The fraction of sp³-hybridized carbons (Fsp3) is 0.481. The van der Waals surface area contributed by atoms with Crippen LogP contribution < -0.4 is 14.9 Å². The molecule has 1 aromatic carbocycles. The monoisotopic (exact) mass is 619 g/mol. The fourth-order valence-electron chi connectivity index (χ4n) is 5.32. The van der Waals surface area contributed by atoms with E-state index in [-0.39, 0.29) is 26.0 Å². The van der Waals surface area contributed by atoms with E-state index >= 15 is 0 Å². The first-order valence-corrected chi connectivity index (χ1v) is 15.9. The summed E-state index contributed by atoms with van der Waals surface area (Å²) in [5.74, 6) is -0.680. The van der Waals surface area contributed by atoms with Crippen molar-refractivity contribution in [3.8, 4) is 0 Å². The van der Waals surface area contributed by atoms with Crippen LogP contribution in [0.25, 0.3) is 10.8 Å². The molecule has 0 bridgehead atoms. The number of nitrogens with two attached hydrogens (primary N) is 1. The lowest BCUT2D eigenvalue weighted by molar-refractivity contribution is -0.154. The van der Waals surface area contributed by atoms with Crippen molar-refractivity contribution in [2.24, 2.45) is 0 Å². The number of aromatic nitrogens is 2. The zero-order valence-corrected chi connectivity index (χ0v) is 25.1. The van der Waals surface area contributed by atoms with Crippen LogP contribution in [0.15, 0.2) is 30.6 Å². The van der Waals surface area contributed by atoms with Gasteiger partial charge < -0.3 is 24.8 Å². The third-order valence-electron chi connectivity index (χ3n) is 7.50. The first kappa shape index (κ1) is 29.5. The number of unbranched alkanes of at least 4 members (excludes halogenated alkanes) is 1. The van der Waals surface area contributed by atoms with E-state index in [2.05, 4.69) is 14.9 Å². The molecular weight excluding hydrogens is 588 g/mol. The van der Waals surface area contributed by atoms with Crippen LogP contribution >= 0.6 is 22.9 Å². The van der Waals surface area contributed by atoms with Crippen molar-refractivity contribution in [3.05, 3.63) is 41.2 Å². The molecular formula is C27H32ClN6O5S2-. The van der Waals surface area contributed by atoms with Crippen LogP contribution in [0.1, 0.15) is 44.6 Å². The number of benzene rings is 1.